The standard InChI is InChI=1S/C16H24N6O3/c23-14-8-16(11-21(14)9-13-2-1-7-25-13)3-5-20(6-4-16)15(24)10-22-12-17-18-19-22/h12-13H,1-11H2/t13-/m1/s1. The number of amides is 2. The Labute approximate surface area is 146 Å². The zero-order valence-electron chi connectivity index (χ0n) is 14.3. The van der Waals surface area contributed by atoms with Crippen molar-refractivity contribution in [3.8, 4) is 0 Å². The van der Waals surface area contributed by atoms with Crippen LogP contribution in [0.5, 0.6) is 0 Å². The Morgan fingerprint density at radius 2 is 2.20 bits per heavy atom. The molecule has 0 bridgehead atoms. The summed E-state index contributed by atoms with van der Waals surface area (Å²) < 4.78 is 7.11. The van der Waals surface area contributed by atoms with Crippen molar-refractivity contribution in [2.45, 2.75) is 44.8 Å². The predicted molar refractivity (Wildman–Crippen MR) is 86.2 cm³/mol. The van der Waals surface area contributed by atoms with Crippen molar-refractivity contribution in [3.63, 3.8) is 0 Å². The molecule has 2 amide bonds. The van der Waals surface area contributed by atoms with E-state index in [0.29, 0.717) is 19.5 Å². The summed E-state index contributed by atoms with van der Waals surface area (Å²) in [4.78, 5) is 28.6. The first-order valence-electron chi connectivity index (χ1n) is 9.02. The van der Waals surface area contributed by atoms with E-state index < -0.39 is 0 Å². The maximum atomic E-state index is 12.4. The molecule has 1 aromatic rings. The van der Waals surface area contributed by atoms with Crippen LogP contribution in [0, 0.1) is 5.41 Å². The number of aromatic nitrogens is 4. The first kappa shape index (κ1) is 16.4. The molecule has 1 spiro atoms. The molecule has 0 radical (unpaired) electrons. The Balaban J connectivity index is 1.30. The third-order valence-electron chi connectivity index (χ3n) is 5.72. The molecule has 0 saturated carbocycles. The van der Waals surface area contributed by atoms with E-state index in [9.17, 15) is 9.59 Å². The van der Waals surface area contributed by atoms with Gasteiger partial charge in [0, 0.05) is 44.6 Å². The van der Waals surface area contributed by atoms with Crippen LogP contribution in [0.4, 0.5) is 0 Å². The van der Waals surface area contributed by atoms with Crippen LogP contribution in [0.2, 0.25) is 0 Å². The molecule has 25 heavy (non-hydrogen) atoms. The molecular weight excluding hydrogens is 324 g/mol. The fraction of sp³-hybridized carbons (Fsp3) is 0.812. The molecule has 4 heterocycles. The highest BCUT2D eigenvalue weighted by atomic mass is 16.5. The van der Waals surface area contributed by atoms with Gasteiger partial charge in [0.2, 0.25) is 11.8 Å². The molecule has 0 N–H and O–H groups in total. The molecule has 0 unspecified atom stereocenters. The normalized spacial score (nSPS) is 25.9. The second kappa shape index (κ2) is 6.70. The Morgan fingerprint density at radius 1 is 1.36 bits per heavy atom. The fourth-order valence-electron chi connectivity index (χ4n) is 4.24. The lowest BCUT2D eigenvalue weighted by atomic mass is 9.77. The molecule has 9 nitrogen and oxygen atoms in total. The van der Waals surface area contributed by atoms with Crippen molar-refractivity contribution in [3.05, 3.63) is 6.33 Å². The van der Waals surface area contributed by atoms with Gasteiger partial charge in [0.25, 0.3) is 0 Å². The number of carbonyl (C=O) groups is 2. The highest BCUT2D eigenvalue weighted by Crippen LogP contribution is 2.41. The number of nitrogens with zero attached hydrogens (tertiary/aromatic N) is 6. The molecule has 1 atom stereocenters. The summed E-state index contributed by atoms with van der Waals surface area (Å²) in [6, 6.07) is 0. The van der Waals surface area contributed by atoms with Gasteiger partial charge in [-0.15, -0.1) is 5.10 Å². The molecule has 9 heteroatoms. The average molecular weight is 348 g/mol. The Morgan fingerprint density at radius 3 is 2.88 bits per heavy atom. The molecule has 3 fully saturated rings. The minimum Gasteiger partial charge on any atom is -0.376 e. The first-order valence-corrected chi connectivity index (χ1v) is 9.02. The number of hydrogen-bond donors (Lipinski definition) is 0. The highest BCUT2D eigenvalue weighted by Gasteiger charge is 2.45. The van der Waals surface area contributed by atoms with Gasteiger partial charge < -0.3 is 14.5 Å². The summed E-state index contributed by atoms with van der Waals surface area (Å²) in [6.07, 6.45) is 6.16. The molecule has 0 aliphatic carbocycles. The van der Waals surface area contributed by atoms with Crippen molar-refractivity contribution >= 4 is 11.8 Å². The van der Waals surface area contributed by atoms with Crippen molar-refractivity contribution in [1.29, 1.82) is 0 Å². The van der Waals surface area contributed by atoms with Crippen molar-refractivity contribution in [1.82, 2.24) is 30.0 Å². The smallest absolute Gasteiger partial charge is 0.244 e. The topological polar surface area (TPSA) is 93.5 Å². The second-order valence-corrected chi connectivity index (χ2v) is 7.47. The lowest BCUT2D eigenvalue weighted by molar-refractivity contribution is -0.134. The number of rotatable bonds is 4. The molecule has 0 aromatic carbocycles. The third-order valence-corrected chi connectivity index (χ3v) is 5.72. The van der Waals surface area contributed by atoms with Gasteiger partial charge in [-0.25, -0.2) is 4.68 Å². The molecular formula is C16H24N6O3. The van der Waals surface area contributed by atoms with Crippen molar-refractivity contribution < 1.29 is 14.3 Å². The predicted octanol–water partition coefficient (Wildman–Crippen LogP) is -0.307. The van der Waals surface area contributed by atoms with E-state index in [1.54, 1.807) is 0 Å². The van der Waals surface area contributed by atoms with Crippen LogP contribution < -0.4 is 0 Å². The Hall–Kier alpha value is -2.03. The van der Waals surface area contributed by atoms with Gasteiger partial charge in [-0.2, -0.15) is 0 Å². The first-order chi connectivity index (χ1) is 12.1. The maximum Gasteiger partial charge on any atom is 0.244 e. The quantitative estimate of drug-likeness (QED) is 0.741. The summed E-state index contributed by atoms with van der Waals surface area (Å²) in [5.74, 6) is 0.270. The Kier molecular flexibility index (Phi) is 4.41. The number of hydrogen-bond acceptors (Lipinski definition) is 6. The summed E-state index contributed by atoms with van der Waals surface area (Å²) in [5.41, 5.74) is 0.0290. The zero-order valence-corrected chi connectivity index (χ0v) is 14.3. The van der Waals surface area contributed by atoms with Crippen LogP contribution in [-0.4, -0.2) is 80.7 Å². The van der Waals surface area contributed by atoms with Gasteiger partial charge >= 0.3 is 0 Å². The van der Waals surface area contributed by atoms with E-state index in [-0.39, 0.29) is 29.9 Å². The van der Waals surface area contributed by atoms with Gasteiger partial charge in [0.15, 0.2) is 0 Å². The van der Waals surface area contributed by atoms with E-state index in [1.807, 2.05) is 9.80 Å². The second-order valence-electron chi connectivity index (χ2n) is 7.47. The van der Waals surface area contributed by atoms with Crippen LogP contribution in [0.3, 0.4) is 0 Å². The van der Waals surface area contributed by atoms with Crippen LogP contribution in [-0.2, 0) is 20.9 Å². The monoisotopic (exact) mass is 348 g/mol. The molecule has 3 saturated heterocycles. The highest BCUT2D eigenvalue weighted by molar-refractivity contribution is 5.80. The van der Waals surface area contributed by atoms with Gasteiger partial charge in [-0.05, 0) is 36.1 Å². The van der Waals surface area contributed by atoms with E-state index in [2.05, 4.69) is 15.5 Å². The minimum atomic E-state index is 0.0290. The average Bonchev–Trinajstić information content (AvgIpc) is 3.33. The number of likely N-dealkylation sites (tertiary alicyclic amines) is 2. The third kappa shape index (κ3) is 3.51. The summed E-state index contributed by atoms with van der Waals surface area (Å²) >= 11 is 0. The largest absolute Gasteiger partial charge is 0.376 e. The van der Waals surface area contributed by atoms with E-state index in [1.165, 1.54) is 11.0 Å². The van der Waals surface area contributed by atoms with Crippen molar-refractivity contribution in [2.75, 3.05) is 32.8 Å². The SMILES string of the molecule is O=C(Cn1cnnn1)N1CCC2(CC1)CC(=O)N(C[C@H]1CCCO1)C2. The van der Waals surface area contributed by atoms with E-state index in [4.69, 9.17) is 4.74 Å². The van der Waals surface area contributed by atoms with Crippen LogP contribution in [0.25, 0.3) is 0 Å². The van der Waals surface area contributed by atoms with Gasteiger partial charge in [-0.1, -0.05) is 0 Å². The van der Waals surface area contributed by atoms with Crippen LogP contribution >= 0.6 is 0 Å². The molecule has 136 valence electrons. The van der Waals surface area contributed by atoms with Crippen LogP contribution in [0.1, 0.15) is 32.1 Å². The number of piperidine rings is 1. The van der Waals surface area contributed by atoms with Crippen LogP contribution in [0.15, 0.2) is 6.33 Å². The van der Waals surface area contributed by atoms with Gasteiger partial charge in [0.1, 0.15) is 12.9 Å². The van der Waals surface area contributed by atoms with Gasteiger partial charge in [0.05, 0.1) is 6.10 Å². The summed E-state index contributed by atoms with van der Waals surface area (Å²) in [5, 5.41) is 10.8. The Bertz CT molecular complexity index is 620. The summed E-state index contributed by atoms with van der Waals surface area (Å²) in [6.45, 7) is 3.91. The fourth-order valence-corrected chi connectivity index (χ4v) is 4.24. The zero-order chi connectivity index (χ0) is 17.3. The lowest BCUT2D eigenvalue weighted by Crippen LogP contribution is -2.45. The molecule has 4 rings (SSSR count). The molecule has 1 aromatic heterocycles. The van der Waals surface area contributed by atoms with Gasteiger partial charge in [-0.3, -0.25) is 9.59 Å². The summed E-state index contributed by atoms with van der Waals surface area (Å²) in [7, 11) is 0. The number of ether oxygens (including phenoxy) is 1. The maximum absolute atomic E-state index is 12.4. The number of carbonyl (C=O) groups excluding carboxylic acids is 2. The lowest BCUT2D eigenvalue weighted by Gasteiger charge is -2.38. The minimum absolute atomic E-state index is 0.0290. The molecule has 3 aliphatic heterocycles. The van der Waals surface area contributed by atoms with Crippen molar-refractivity contribution in [2.24, 2.45) is 5.41 Å². The molecule has 3 aliphatic rings. The number of tetrazole rings is 1. The van der Waals surface area contributed by atoms with E-state index in [0.717, 1.165) is 45.4 Å². The van der Waals surface area contributed by atoms with E-state index >= 15 is 0 Å².